The van der Waals surface area contributed by atoms with Crippen LogP contribution in [0.4, 0.5) is 0 Å². The van der Waals surface area contributed by atoms with Gasteiger partial charge in [-0.15, -0.1) is 0 Å². The van der Waals surface area contributed by atoms with Gasteiger partial charge in [-0.25, -0.2) is 0 Å². The van der Waals surface area contributed by atoms with Gasteiger partial charge < -0.3 is 16.0 Å². The molecule has 1 fully saturated rings. The van der Waals surface area contributed by atoms with Crippen molar-refractivity contribution in [2.75, 3.05) is 39.8 Å². The second kappa shape index (κ2) is 6.68. The van der Waals surface area contributed by atoms with Crippen LogP contribution in [-0.2, 0) is 4.79 Å². The normalized spacial score (nSPS) is 20.6. The Kier molecular flexibility index (Phi) is 5.77. The van der Waals surface area contributed by atoms with Crippen LogP contribution in [0.3, 0.4) is 0 Å². The monoisotopic (exact) mass is 270 g/mol. The Hall–Kier alpha value is -0.650. The molecule has 0 saturated carbocycles. The largest absolute Gasteiger partial charge is 0.353 e. The van der Waals surface area contributed by atoms with Crippen molar-refractivity contribution in [3.63, 3.8) is 0 Å². The Morgan fingerprint density at radius 3 is 2.26 bits per heavy atom. The minimum atomic E-state index is -0.414. The molecule has 0 unspecified atom stereocenters. The molecule has 0 aromatic carbocycles. The van der Waals surface area contributed by atoms with E-state index in [-0.39, 0.29) is 17.4 Å². The predicted molar refractivity (Wildman–Crippen MR) is 79.0 cm³/mol. The average Bonchev–Trinajstić information content (AvgIpc) is 2.35. The molecule has 0 spiro atoms. The predicted octanol–water partition coefficient (Wildman–Crippen LogP) is 0.112. The Morgan fingerprint density at radius 1 is 1.26 bits per heavy atom. The smallest absolute Gasteiger partial charge is 0.237 e. The molecule has 0 radical (unpaired) electrons. The Bertz CT molecular complexity index is 296. The van der Waals surface area contributed by atoms with Gasteiger partial charge in [-0.05, 0) is 26.8 Å². The van der Waals surface area contributed by atoms with Crippen LogP contribution in [-0.4, -0.2) is 67.1 Å². The number of hydrogen-bond donors (Lipinski definition) is 2. The lowest BCUT2D eigenvalue weighted by Crippen LogP contribution is -2.59. The Morgan fingerprint density at radius 2 is 1.79 bits per heavy atom. The summed E-state index contributed by atoms with van der Waals surface area (Å²) in [4.78, 5) is 16.7. The van der Waals surface area contributed by atoms with E-state index in [1.165, 1.54) is 0 Å². The zero-order chi connectivity index (χ0) is 14.6. The van der Waals surface area contributed by atoms with Crippen LogP contribution in [0.2, 0.25) is 0 Å². The van der Waals surface area contributed by atoms with Gasteiger partial charge in [-0.3, -0.25) is 9.69 Å². The van der Waals surface area contributed by atoms with E-state index in [0.717, 1.165) is 26.2 Å². The van der Waals surface area contributed by atoms with E-state index in [0.29, 0.717) is 6.54 Å². The fraction of sp³-hybridized carbons (Fsp3) is 0.929. The third-order valence-corrected chi connectivity index (χ3v) is 4.08. The van der Waals surface area contributed by atoms with Crippen LogP contribution in [0.1, 0.15) is 27.7 Å². The molecule has 1 saturated heterocycles. The van der Waals surface area contributed by atoms with Crippen molar-refractivity contribution in [1.82, 2.24) is 15.1 Å². The number of likely N-dealkylation sites (N-methyl/N-ethyl adjacent to an activating group) is 1. The molecule has 0 bridgehead atoms. The minimum Gasteiger partial charge on any atom is -0.353 e. The summed E-state index contributed by atoms with van der Waals surface area (Å²) in [6.07, 6.45) is 0. The minimum absolute atomic E-state index is 0.0202. The highest BCUT2D eigenvalue weighted by Crippen LogP contribution is 2.15. The summed E-state index contributed by atoms with van der Waals surface area (Å²) >= 11 is 0. The molecular formula is C14H30N4O. The van der Waals surface area contributed by atoms with Crippen molar-refractivity contribution in [1.29, 1.82) is 0 Å². The van der Waals surface area contributed by atoms with Crippen molar-refractivity contribution in [3.8, 4) is 0 Å². The lowest BCUT2D eigenvalue weighted by molar-refractivity contribution is -0.123. The van der Waals surface area contributed by atoms with Gasteiger partial charge in [0.05, 0.1) is 6.04 Å². The van der Waals surface area contributed by atoms with E-state index in [2.05, 4.69) is 36.0 Å². The lowest BCUT2D eigenvalue weighted by atomic mass is 10.00. The van der Waals surface area contributed by atoms with Gasteiger partial charge in [-0.2, -0.15) is 0 Å². The van der Waals surface area contributed by atoms with E-state index in [1.54, 1.807) is 0 Å². The van der Waals surface area contributed by atoms with Crippen LogP contribution >= 0.6 is 0 Å². The van der Waals surface area contributed by atoms with Gasteiger partial charge in [0.25, 0.3) is 0 Å². The molecule has 0 aromatic rings. The summed E-state index contributed by atoms with van der Waals surface area (Å²) in [6, 6.07) is -0.414. The second-order valence-corrected chi connectivity index (χ2v) is 6.59. The standard InChI is InChI=1S/C14H30N4O/c1-11(2)12(15)13(19)16-10-14(3,4)18-8-6-17(5)7-9-18/h11-12H,6-10,15H2,1-5H3,(H,16,19)/t12-/m1/s1. The van der Waals surface area contributed by atoms with Crippen molar-refractivity contribution in [2.45, 2.75) is 39.3 Å². The summed E-state index contributed by atoms with van der Waals surface area (Å²) in [6.45, 7) is 13.2. The van der Waals surface area contributed by atoms with Crippen molar-refractivity contribution < 1.29 is 4.79 Å². The molecule has 5 heteroatoms. The lowest BCUT2D eigenvalue weighted by Gasteiger charge is -2.43. The van der Waals surface area contributed by atoms with Crippen LogP contribution in [0.5, 0.6) is 0 Å². The van der Waals surface area contributed by atoms with Crippen molar-refractivity contribution in [3.05, 3.63) is 0 Å². The number of nitrogens with one attached hydrogen (secondary N) is 1. The summed E-state index contributed by atoms with van der Waals surface area (Å²) in [5.41, 5.74) is 5.83. The molecule has 1 amide bonds. The maximum atomic E-state index is 11.9. The number of carbonyl (C=O) groups excluding carboxylic acids is 1. The van der Waals surface area contributed by atoms with Crippen LogP contribution in [0.25, 0.3) is 0 Å². The number of carbonyl (C=O) groups is 1. The second-order valence-electron chi connectivity index (χ2n) is 6.59. The number of amides is 1. The average molecular weight is 270 g/mol. The molecule has 3 N–H and O–H groups in total. The highest BCUT2D eigenvalue weighted by atomic mass is 16.2. The third kappa shape index (κ3) is 4.75. The quantitative estimate of drug-likeness (QED) is 0.744. The first-order valence-corrected chi connectivity index (χ1v) is 7.21. The molecule has 0 aliphatic carbocycles. The number of nitrogens with zero attached hydrogens (tertiary/aromatic N) is 2. The van der Waals surface area contributed by atoms with Crippen LogP contribution in [0.15, 0.2) is 0 Å². The SMILES string of the molecule is CC(C)[C@@H](N)C(=O)NCC(C)(C)N1CCN(C)CC1. The van der Waals surface area contributed by atoms with E-state index in [1.807, 2.05) is 13.8 Å². The molecular weight excluding hydrogens is 240 g/mol. The molecule has 0 aromatic heterocycles. The van der Waals surface area contributed by atoms with E-state index in [9.17, 15) is 4.79 Å². The molecule has 1 rings (SSSR count). The summed E-state index contributed by atoms with van der Waals surface area (Å²) in [7, 11) is 2.15. The first-order valence-electron chi connectivity index (χ1n) is 7.21. The molecule has 112 valence electrons. The van der Waals surface area contributed by atoms with Gasteiger partial charge in [0.1, 0.15) is 0 Å². The van der Waals surface area contributed by atoms with E-state index in [4.69, 9.17) is 5.73 Å². The highest BCUT2D eigenvalue weighted by Gasteiger charge is 2.30. The number of rotatable bonds is 5. The van der Waals surface area contributed by atoms with Crippen molar-refractivity contribution >= 4 is 5.91 Å². The van der Waals surface area contributed by atoms with Crippen LogP contribution in [0, 0.1) is 5.92 Å². The third-order valence-electron chi connectivity index (χ3n) is 4.08. The zero-order valence-corrected chi connectivity index (χ0v) is 13.1. The molecule has 1 aliphatic heterocycles. The fourth-order valence-electron chi connectivity index (χ4n) is 2.25. The van der Waals surface area contributed by atoms with E-state index >= 15 is 0 Å². The number of hydrogen-bond acceptors (Lipinski definition) is 4. The number of piperazine rings is 1. The van der Waals surface area contributed by atoms with Gasteiger partial charge >= 0.3 is 0 Å². The van der Waals surface area contributed by atoms with Crippen molar-refractivity contribution in [2.24, 2.45) is 11.7 Å². The van der Waals surface area contributed by atoms with Gasteiger partial charge in [0.15, 0.2) is 0 Å². The Labute approximate surface area is 117 Å². The van der Waals surface area contributed by atoms with Crippen LogP contribution < -0.4 is 11.1 Å². The molecule has 5 nitrogen and oxygen atoms in total. The maximum Gasteiger partial charge on any atom is 0.237 e. The van der Waals surface area contributed by atoms with Gasteiger partial charge in [0, 0.05) is 38.3 Å². The molecule has 1 aliphatic rings. The fourth-order valence-corrected chi connectivity index (χ4v) is 2.25. The first-order chi connectivity index (χ1) is 8.74. The molecule has 19 heavy (non-hydrogen) atoms. The Balaban J connectivity index is 2.44. The number of nitrogens with two attached hydrogens (primary N) is 1. The first kappa shape index (κ1) is 16.4. The summed E-state index contributed by atoms with van der Waals surface area (Å²) in [5.74, 6) is 0.129. The van der Waals surface area contributed by atoms with Gasteiger partial charge in [0.2, 0.25) is 5.91 Å². The molecule has 1 heterocycles. The zero-order valence-electron chi connectivity index (χ0n) is 13.1. The topological polar surface area (TPSA) is 61.6 Å². The maximum absolute atomic E-state index is 11.9. The van der Waals surface area contributed by atoms with E-state index < -0.39 is 6.04 Å². The molecule has 1 atom stereocenters. The summed E-state index contributed by atoms with van der Waals surface area (Å²) < 4.78 is 0. The van der Waals surface area contributed by atoms with Gasteiger partial charge in [-0.1, -0.05) is 13.8 Å². The highest BCUT2D eigenvalue weighted by molar-refractivity contribution is 5.81. The summed E-state index contributed by atoms with van der Waals surface area (Å²) in [5, 5.41) is 2.99.